The topological polar surface area (TPSA) is 80.5 Å². The lowest BCUT2D eigenvalue weighted by atomic mass is 10.1. The monoisotopic (exact) mass is 211 g/mol. The molecule has 3 aromatic rings. The molecule has 5 nitrogen and oxygen atoms in total. The van der Waals surface area contributed by atoms with E-state index in [-0.39, 0.29) is 0 Å². The van der Waals surface area contributed by atoms with Crippen molar-refractivity contribution in [2.45, 2.75) is 0 Å². The number of rotatable bonds is 1. The quantitative estimate of drug-likeness (QED) is 0.640. The minimum Gasteiger partial charge on any atom is -0.384 e. The van der Waals surface area contributed by atoms with E-state index in [9.17, 15) is 0 Å². The number of aromatic amines is 1. The molecular weight excluding hydrogens is 202 g/mol. The van der Waals surface area contributed by atoms with Crippen LogP contribution in [0.15, 0.2) is 36.9 Å². The van der Waals surface area contributed by atoms with Crippen LogP contribution in [0.2, 0.25) is 0 Å². The van der Waals surface area contributed by atoms with Crippen LogP contribution in [0.25, 0.3) is 22.3 Å². The third-order valence-electron chi connectivity index (χ3n) is 2.42. The first-order valence-electron chi connectivity index (χ1n) is 4.84. The Morgan fingerprint density at radius 2 is 2.12 bits per heavy atom. The van der Waals surface area contributed by atoms with Crippen molar-refractivity contribution >= 4 is 16.9 Å². The number of pyridine rings is 1. The lowest BCUT2D eigenvalue weighted by Gasteiger charge is -1.98. The summed E-state index contributed by atoms with van der Waals surface area (Å²) in [5.74, 6) is 0.461. The van der Waals surface area contributed by atoms with Crippen LogP contribution in [0, 0.1) is 0 Å². The van der Waals surface area contributed by atoms with Gasteiger partial charge in [-0.15, -0.1) is 0 Å². The number of H-pyrrole nitrogens is 1. The standard InChI is InChI=1S/C11H9N5/c12-10-4-9(15-6-16-10)8-5-14-11-7(8)2-1-3-13-11/h1-6H,(H,13,14)(H2,12,15,16). The molecule has 0 aliphatic heterocycles. The minimum absolute atomic E-state index is 0.461. The van der Waals surface area contributed by atoms with Gasteiger partial charge in [-0.05, 0) is 12.1 Å². The van der Waals surface area contributed by atoms with Crippen molar-refractivity contribution in [3.8, 4) is 11.3 Å². The highest BCUT2D eigenvalue weighted by Crippen LogP contribution is 2.25. The third kappa shape index (κ3) is 1.30. The summed E-state index contributed by atoms with van der Waals surface area (Å²) in [4.78, 5) is 15.4. The van der Waals surface area contributed by atoms with Crippen molar-refractivity contribution in [3.63, 3.8) is 0 Å². The molecular formula is C11H9N5. The smallest absolute Gasteiger partial charge is 0.137 e. The number of nitrogens with zero attached hydrogens (tertiary/aromatic N) is 3. The Hall–Kier alpha value is -2.43. The molecule has 3 N–H and O–H groups in total. The second-order valence-electron chi connectivity index (χ2n) is 3.43. The van der Waals surface area contributed by atoms with Gasteiger partial charge in [0.2, 0.25) is 0 Å². The average Bonchev–Trinajstić information content (AvgIpc) is 2.72. The van der Waals surface area contributed by atoms with Crippen molar-refractivity contribution in [1.82, 2.24) is 19.9 Å². The maximum Gasteiger partial charge on any atom is 0.137 e. The van der Waals surface area contributed by atoms with Gasteiger partial charge in [0, 0.05) is 29.4 Å². The van der Waals surface area contributed by atoms with E-state index in [0.717, 1.165) is 22.3 Å². The number of nitrogens with two attached hydrogens (primary N) is 1. The summed E-state index contributed by atoms with van der Waals surface area (Å²) in [6.45, 7) is 0. The van der Waals surface area contributed by atoms with Gasteiger partial charge in [0.25, 0.3) is 0 Å². The molecule has 0 saturated carbocycles. The van der Waals surface area contributed by atoms with E-state index in [1.54, 1.807) is 12.3 Å². The van der Waals surface area contributed by atoms with Crippen molar-refractivity contribution in [1.29, 1.82) is 0 Å². The summed E-state index contributed by atoms with van der Waals surface area (Å²) in [7, 11) is 0. The molecule has 0 aliphatic carbocycles. The zero-order valence-electron chi connectivity index (χ0n) is 8.38. The van der Waals surface area contributed by atoms with Crippen molar-refractivity contribution in [2.75, 3.05) is 5.73 Å². The average molecular weight is 211 g/mol. The predicted molar refractivity (Wildman–Crippen MR) is 61.5 cm³/mol. The Morgan fingerprint density at radius 3 is 3.00 bits per heavy atom. The maximum absolute atomic E-state index is 5.63. The van der Waals surface area contributed by atoms with Crippen molar-refractivity contribution < 1.29 is 0 Å². The third-order valence-corrected chi connectivity index (χ3v) is 2.42. The second-order valence-corrected chi connectivity index (χ2v) is 3.43. The molecule has 0 bridgehead atoms. The molecule has 0 saturated heterocycles. The van der Waals surface area contributed by atoms with Crippen molar-refractivity contribution in [3.05, 3.63) is 36.9 Å². The molecule has 3 heterocycles. The lowest BCUT2D eigenvalue weighted by molar-refractivity contribution is 1.18. The Kier molecular flexibility index (Phi) is 1.83. The van der Waals surface area contributed by atoms with Crippen LogP contribution in [-0.2, 0) is 0 Å². The Bertz CT molecular complexity index is 643. The zero-order valence-corrected chi connectivity index (χ0v) is 8.38. The number of hydrogen-bond acceptors (Lipinski definition) is 4. The highest BCUT2D eigenvalue weighted by Gasteiger charge is 2.07. The molecule has 0 radical (unpaired) electrons. The summed E-state index contributed by atoms with van der Waals surface area (Å²) in [5.41, 5.74) is 8.26. The molecule has 3 rings (SSSR count). The maximum atomic E-state index is 5.63. The lowest BCUT2D eigenvalue weighted by Crippen LogP contribution is -1.91. The van der Waals surface area contributed by atoms with Crippen molar-refractivity contribution in [2.24, 2.45) is 0 Å². The molecule has 0 spiro atoms. The predicted octanol–water partition coefficient (Wildman–Crippen LogP) is 1.60. The van der Waals surface area contributed by atoms with Gasteiger partial charge in [-0.1, -0.05) is 0 Å². The fraction of sp³-hybridized carbons (Fsp3) is 0. The SMILES string of the molecule is Nc1cc(-c2c[nH]c3ncccc23)ncn1. The number of aromatic nitrogens is 4. The van der Waals surface area contributed by atoms with Gasteiger partial charge in [0.1, 0.15) is 17.8 Å². The van der Waals surface area contributed by atoms with Crippen LogP contribution in [0.1, 0.15) is 0 Å². The van der Waals surface area contributed by atoms with Crippen LogP contribution in [0.5, 0.6) is 0 Å². The van der Waals surface area contributed by atoms with E-state index in [0.29, 0.717) is 5.82 Å². The number of fused-ring (bicyclic) bond motifs is 1. The summed E-state index contributed by atoms with van der Waals surface area (Å²) in [6, 6.07) is 5.63. The van der Waals surface area contributed by atoms with E-state index in [4.69, 9.17) is 5.73 Å². The Labute approximate surface area is 91.4 Å². The first-order chi connectivity index (χ1) is 7.84. The molecule has 0 amide bonds. The summed E-state index contributed by atoms with van der Waals surface area (Å²) < 4.78 is 0. The highest BCUT2D eigenvalue weighted by molar-refractivity contribution is 5.92. The minimum atomic E-state index is 0.461. The number of anilines is 1. The molecule has 5 heteroatoms. The zero-order chi connectivity index (χ0) is 11.0. The van der Waals surface area contributed by atoms with Gasteiger partial charge in [0.15, 0.2) is 0 Å². The normalized spacial score (nSPS) is 10.8. The second kappa shape index (κ2) is 3.30. The molecule has 0 unspecified atom stereocenters. The summed E-state index contributed by atoms with van der Waals surface area (Å²) in [5, 5.41) is 1.03. The number of hydrogen-bond donors (Lipinski definition) is 2. The van der Waals surface area contributed by atoms with E-state index in [1.807, 2.05) is 18.3 Å². The van der Waals surface area contributed by atoms with Gasteiger partial charge < -0.3 is 10.7 Å². The van der Waals surface area contributed by atoms with Gasteiger partial charge >= 0.3 is 0 Å². The molecule has 0 aliphatic rings. The number of nitrogens with one attached hydrogen (secondary N) is 1. The van der Waals surface area contributed by atoms with E-state index < -0.39 is 0 Å². The Balaban J connectivity index is 2.26. The van der Waals surface area contributed by atoms with Gasteiger partial charge in [-0.3, -0.25) is 0 Å². The number of nitrogen functional groups attached to an aromatic ring is 1. The fourth-order valence-corrected chi connectivity index (χ4v) is 1.69. The summed E-state index contributed by atoms with van der Waals surface area (Å²) in [6.07, 6.45) is 5.08. The molecule has 0 atom stereocenters. The first kappa shape index (κ1) is 8.84. The first-order valence-corrected chi connectivity index (χ1v) is 4.84. The Morgan fingerprint density at radius 1 is 1.19 bits per heavy atom. The highest BCUT2D eigenvalue weighted by atomic mass is 14.9. The van der Waals surface area contributed by atoms with Crippen LogP contribution in [0.3, 0.4) is 0 Å². The van der Waals surface area contributed by atoms with Crippen LogP contribution >= 0.6 is 0 Å². The van der Waals surface area contributed by atoms with Crippen LogP contribution in [-0.4, -0.2) is 19.9 Å². The molecule has 0 aromatic carbocycles. The van der Waals surface area contributed by atoms with Gasteiger partial charge in [-0.2, -0.15) is 0 Å². The molecule has 3 aromatic heterocycles. The molecule has 16 heavy (non-hydrogen) atoms. The van der Waals surface area contributed by atoms with E-state index in [2.05, 4.69) is 19.9 Å². The van der Waals surface area contributed by atoms with Gasteiger partial charge in [-0.25, -0.2) is 15.0 Å². The van der Waals surface area contributed by atoms with E-state index in [1.165, 1.54) is 6.33 Å². The summed E-state index contributed by atoms with van der Waals surface area (Å²) >= 11 is 0. The van der Waals surface area contributed by atoms with Crippen LogP contribution < -0.4 is 5.73 Å². The largest absolute Gasteiger partial charge is 0.384 e. The van der Waals surface area contributed by atoms with Gasteiger partial charge in [0.05, 0.1) is 5.69 Å². The molecule has 0 fully saturated rings. The van der Waals surface area contributed by atoms with E-state index >= 15 is 0 Å². The fourth-order valence-electron chi connectivity index (χ4n) is 1.69. The van der Waals surface area contributed by atoms with Crippen LogP contribution in [0.4, 0.5) is 5.82 Å². The molecule has 78 valence electrons.